The van der Waals surface area contributed by atoms with E-state index in [1.54, 1.807) is 11.0 Å². The minimum atomic E-state index is -0.578. The molecular formula is C18H18BrCl2FN4O2. The van der Waals surface area contributed by atoms with Gasteiger partial charge in [-0.05, 0) is 60.8 Å². The van der Waals surface area contributed by atoms with Gasteiger partial charge in [-0.1, -0.05) is 11.6 Å². The summed E-state index contributed by atoms with van der Waals surface area (Å²) < 4.78 is 20.3. The molecule has 0 radical (unpaired) electrons. The molecule has 6 nitrogen and oxygen atoms in total. The van der Waals surface area contributed by atoms with E-state index in [0.29, 0.717) is 24.3 Å². The molecule has 2 bridgehead atoms. The second-order valence-corrected chi connectivity index (χ2v) is 9.57. The van der Waals surface area contributed by atoms with Gasteiger partial charge < -0.3 is 9.64 Å². The fourth-order valence-electron chi connectivity index (χ4n) is 3.77. The van der Waals surface area contributed by atoms with Crippen LogP contribution in [0.2, 0.25) is 10.3 Å². The number of piperidine rings is 1. The Labute approximate surface area is 180 Å². The van der Waals surface area contributed by atoms with E-state index < -0.39 is 11.4 Å². The monoisotopic (exact) mass is 490 g/mol. The minimum absolute atomic E-state index is 0.00755. The summed E-state index contributed by atoms with van der Waals surface area (Å²) in [5, 5.41) is 0.675. The summed E-state index contributed by atoms with van der Waals surface area (Å²) in [5.74, 6) is -0.0626. The molecule has 3 aliphatic heterocycles. The van der Waals surface area contributed by atoms with Crippen LogP contribution in [-0.2, 0) is 4.74 Å². The zero-order valence-electron chi connectivity index (χ0n) is 15.5. The van der Waals surface area contributed by atoms with Crippen LogP contribution >= 0.6 is 39.1 Å². The van der Waals surface area contributed by atoms with Gasteiger partial charge in [-0.25, -0.2) is 14.2 Å². The third kappa shape index (κ3) is 3.39. The Hall–Kier alpha value is -1.38. The number of benzene rings is 1. The Bertz CT molecular complexity index is 972. The molecule has 0 spiro atoms. The van der Waals surface area contributed by atoms with Gasteiger partial charge in [0.05, 0.1) is 21.6 Å². The van der Waals surface area contributed by atoms with E-state index in [1.165, 1.54) is 0 Å². The van der Waals surface area contributed by atoms with Crippen LogP contribution in [0.4, 0.5) is 15.0 Å². The summed E-state index contributed by atoms with van der Waals surface area (Å²) in [6.07, 6.45) is 0.588. The first-order valence-corrected chi connectivity index (χ1v) is 10.4. The minimum Gasteiger partial charge on any atom is -0.444 e. The Morgan fingerprint density at radius 2 is 1.93 bits per heavy atom. The van der Waals surface area contributed by atoms with Crippen molar-refractivity contribution in [3.05, 3.63) is 26.7 Å². The van der Waals surface area contributed by atoms with Crippen molar-refractivity contribution >= 4 is 61.9 Å². The highest BCUT2D eigenvalue weighted by atomic mass is 79.9. The Morgan fingerprint density at radius 1 is 1.29 bits per heavy atom. The van der Waals surface area contributed by atoms with Crippen molar-refractivity contribution in [3.63, 3.8) is 0 Å². The van der Waals surface area contributed by atoms with E-state index in [2.05, 4.69) is 25.9 Å². The van der Waals surface area contributed by atoms with Gasteiger partial charge in [-0.15, -0.1) is 0 Å². The van der Waals surface area contributed by atoms with Crippen LogP contribution in [-0.4, -0.2) is 51.7 Å². The number of ether oxygens (including phenoxy) is 1. The normalized spacial score (nSPS) is 21.7. The summed E-state index contributed by atoms with van der Waals surface area (Å²) in [4.78, 5) is 24.6. The highest BCUT2D eigenvalue weighted by molar-refractivity contribution is 9.10. The standard InChI is InChI=1S/C18H18BrCl2FN4O2/c1-18(2,3)28-17(27)26-8-4-9(26)7-25(6-8)15-10-5-11(20)12(19)13(22)14(10)23-16(21)24-15/h5,8-9H,4,6-7H2,1-3H3. The van der Waals surface area contributed by atoms with E-state index in [1.807, 2.05) is 25.7 Å². The second-order valence-electron chi connectivity index (χ2n) is 8.03. The van der Waals surface area contributed by atoms with Gasteiger partial charge in [0.25, 0.3) is 0 Å². The number of fused-ring (bicyclic) bond motifs is 3. The maximum absolute atomic E-state index is 14.6. The van der Waals surface area contributed by atoms with E-state index in [4.69, 9.17) is 27.9 Å². The fourth-order valence-corrected chi connectivity index (χ4v) is 4.43. The van der Waals surface area contributed by atoms with Gasteiger partial charge in [0.2, 0.25) is 5.28 Å². The molecule has 1 aromatic carbocycles. The molecule has 150 valence electrons. The molecule has 0 N–H and O–H groups in total. The van der Waals surface area contributed by atoms with E-state index >= 15 is 0 Å². The number of carbonyl (C=O) groups is 1. The third-order valence-electron chi connectivity index (χ3n) is 4.88. The lowest BCUT2D eigenvalue weighted by Crippen LogP contribution is -2.70. The summed E-state index contributed by atoms with van der Waals surface area (Å²) in [6, 6.07) is 1.64. The molecular weight excluding hydrogens is 474 g/mol. The number of nitrogens with zero attached hydrogens (tertiary/aromatic N) is 4. The number of piperazine rings is 1. The smallest absolute Gasteiger partial charge is 0.410 e. The molecule has 1 aromatic heterocycles. The molecule has 0 aliphatic carbocycles. The molecule has 3 saturated heterocycles. The number of hydrogen-bond donors (Lipinski definition) is 0. The molecule has 28 heavy (non-hydrogen) atoms. The van der Waals surface area contributed by atoms with Gasteiger partial charge in [0, 0.05) is 18.5 Å². The van der Waals surface area contributed by atoms with Gasteiger partial charge in [0.15, 0.2) is 5.82 Å². The fraction of sp³-hybridized carbons (Fsp3) is 0.500. The summed E-state index contributed by atoms with van der Waals surface area (Å²) >= 11 is 15.3. The third-order valence-corrected chi connectivity index (χ3v) is 6.35. The van der Waals surface area contributed by atoms with Gasteiger partial charge in [-0.2, -0.15) is 4.98 Å². The second kappa shape index (κ2) is 6.85. The zero-order valence-corrected chi connectivity index (χ0v) is 18.6. The predicted octanol–water partition coefficient (Wildman–Crippen LogP) is 5.04. The molecule has 10 heteroatoms. The number of rotatable bonds is 1. The summed E-state index contributed by atoms with van der Waals surface area (Å²) in [7, 11) is 0. The number of anilines is 1. The van der Waals surface area contributed by atoms with Crippen molar-refractivity contribution in [1.29, 1.82) is 0 Å². The van der Waals surface area contributed by atoms with Crippen molar-refractivity contribution in [2.24, 2.45) is 0 Å². The Balaban J connectivity index is 1.64. The van der Waals surface area contributed by atoms with Crippen LogP contribution in [0, 0.1) is 5.82 Å². The number of amides is 1. The Kier molecular flexibility index (Phi) is 4.87. The first kappa shape index (κ1) is 19.9. The van der Waals surface area contributed by atoms with Crippen molar-refractivity contribution in [1.82, 2.24) is 14.9 Å². The number of aromatic nitrogens is 2. The zero-order chi connectivity index (χ0) is 20.4. The number of carbonyl (C=O) groups excluding carboxylic acids is 1. The van der Waals surface area contributed by atoms with Crippen molar-refractivity contribution in [2.45, 2.75) is 44.9 Å². The SMILES string of the molecule is CC(C)(C)OC(=O)N1C2CC1CN(c1nc(Cl)nc3c(F)c(Br)c(Cl)cc13)C2. The average Bonchev–Trinajstić information content (AvgIpc) is 2.58. The first-order valence-electron chi connectivity index (χ1n) is 8.82. The molecule has 2 unspecified atom stereocenters. The molecule has 2 aromatic rings. The quantitative estimate of drug-likeness (QED) is 0.413. The average molecular weight is 492 g/mol. The van der Waals surface area contributed by atoms with Crippen LogP contribution in [0.15, 0.2) is 10.5 Å². The van der Waals surface area contributed by atoms with Crippen LogP contribution in [0.1, 0.15) is 27.2 Å². The molecule has 1 amide bonds. The summed E-state index contributed by atoms with van der Waals surface area (Å²) in [6.45, 7) is 6.63. The summed E-state index contributed by atoms with van der Waals surface area (Å²) in [5.41, 5.74) is -0.437. The maximum Gasteiger partial charge on any atom is 0.410 e. The number of hydrogen-bond acceptors (Lipinski definition) is 5. The highest BCUT2D eigenvalue weighted by Gasteiger charge is 2.49. The van der Waals surface area contributed by atoms with Crippen LogP contribution in [0.3, 0.4) is 0 Å². The Morgan fingerprint density at radius 3 is 2.54 bits per heavy atom. The molecule has 3 fully saturated rings. The van der Waals surface area contributed by atoms with Crippen molar-refractivity contribution < 1.29 is 13.9 Å². The lowest BCUT2D eigenvalue weighted by Gasteiger charge is -2.56. The largest absolute Gasteiger partial charge is 0.444 e. The van der Waals surface area contributed by atoms with E-state index in [9.17, 15) is 9.18 Å². The lowest BCUT2D eigenvalue weighted by atomic mass is 9.88. The molecule has 2 atom stereocenters. The highest BCUT2D eigenvalue weighted by Crippen LogP contribution is 2.40. The first-order chi connectivity index (χ1) is 13.0. The van der Waals surface area contributed by atoms with Crippen molar-refractivity contribution in [2.75, 3.05) is 18.0 Å². The lowest BCUT2D eigenvalue weighted by molar-refractivity contribution is -0.0380. The topological polar surface area (TPSA) is 58.6 Å². The van der Waals surface area contributed by atoms with Crippen LogP contribution in [0.5, 0.6) is 0 Å². The molecule has 3 aliphatic rings. The van der Waals surface area contributed by atoms with Crippen LogP contribution < -0.4 is 4.90 Å². The van der Waals surface area contributed by atoms with E-state index in [0.717, 1.165) is 6.42 Å². The van der Waals surface area contributed by atoms with Crippen molar-refractivity contribution in [3.8, 4) is 0 Å². The molecule has 0 saturated carbocycles. The predicted molar refractivity (Wildman–Crippen MR) is 110 cm³/mol. The van der Waals surface area contributed by atoms with E-state index in [-0.39, 0.29) is 38.5 Å². The molecule has 4 heterocycles. The van der Waals surface area contributed by atoms with Gasteiger partial charge >= 0.3 is 6.09 Å². The molecule has 5 rings (SSSR count). The van der Waals surface area contributed by atoms with Gasteiger partial charge in [0.1, 0.15) is 16.9 Å². The maximum atomic E-state index is 14.6. The van der Waals surface area contributed by atoms with Crippen LogP contribution in [0.25, 0.3) is 10.9 Å². The van der Waals surface area contributed by atoms with Gasteiger partial charge in [-0.3, -0.25) is 4.90 Å². The number of halogens is 4.